The van der Waals surface area contributed by atoms with Crippen LogP contribution in [0.5, 0.6) is 0 Å². The highest BCUT2D eigenvalue weighted by Gasteiger charge is 2.37. The Morgan fingerprint density at radius 1 is 1.00 bits per heavy atom. The van der Waals surface area contributed by atoms with Gasteiger partial charge >= 0.3 is 0 Å². The summed E-state index contributed by atoms with van der Waals surface area (Å²) in [7, 11) is 0. The van der Waals surface area contributed by atoms with E-state index in [1.165, 1.54) is 32.1 Å². The number of rotatable bonds is 3. The molecule has 0 bridgehead atoms. The lowest BCUT2D eigenvalue weighted by Gasteiger charge is -2.43. The number of carbonyl (C=O) groups excluding carboxylic acids is 1. The number of ether oxygens (including phenoxy) is 1. The number of nitrogens with zero attached hydrogens (tertiary/aromatic N) is 2. The van der Waals surface area contributed by atoms with Gasteiger partial charge < -0.3 is 19.8 Å². The lowest BCUT2D eigenvalue weighted by molar-refractivity contribution is -0.145. The average Bonchev–Trinajstić information content (AvgIpc) is 2.58. The largest absolute Gasteiger partial charge is 0.389 e. The van der Waals surface area contributed by atoms with Gasteiger partial charge in [-0.15, -0.1) is 0 Å². The minimum absolute atomic E-state index is 0.158. The van der Waals surface area contributed by atoms with Crippen LogP contribution in [0, 0.1) is 5.92 Å². The van der Waals surface area contributed by atoms with Crippen molar-refractivity contribution in [1.29, 1.82) is 0 Å². The smallest absolute Gasteiger partial charge is 0.222 e. The SMILES string of the molecule is O=C(CC1CCCCC1)N1CCN([C@@H]2COC[C@@H](O)[C@H]2O)CC1. The molecule has 0 aromatic rings. The number of hydrogen-bond donors (Lipinski definition) is 2. The molecule has 2 N–H and O–H groups in total. The summed E-state index contributed by atoms with van der Waals surface area (Å²) in [6.07, 6.45) is 5.41. The summed E-state index contributed by atoms with van der Waals surface area (Å²) < 4.78 is 5.36. The standard InChI is InChI=1S/C17H30N2O4/c20-15-12-23-11-14(17(15)22)18-6-8-19(9-7-18)16(21)10-13-4-2-1-3-5-13/h13-15,17,20,22H,1-12H2/t14-,15-,17+/m1/s1. The molecule has 2 saturated heterocycles. The molecule has 6 heteroatoms. The van der Waals surface area contributed by atoms with Gasteiger partial charge in [0.2, 0.25) is 5.91 Å². The molecular weight excluding hydrogens is 296 g/mol. The Morgan fingerprint density at radius 3 is 2.39 bits per heavy atom. The molecule has 0 radical (unpaired) electrons. The van der Waals surface area contributed by atoms with Gasteiger partial charge in [-0.25, -0.2) is 0 Å². The van der Waals surface area contributed by atoms with Gasteiger partial charge in [0.25, 0.3) is 0 Å². The van der Waals surface area contributed by atoms with Gasteiger partial charge in [0.1, 0.15) is 6.10 Å². The van der Waals surface area contributed by atoms with Crippen molar-refractivity contribution < 1.29 is 19.7 Å². The molecule has 1 saturated carbocycles. The molecule has 132 valence electrons. The monoisotopic (exact) mass is 326 g/mol. The lowest BCUT2D eigenvalue weighted by atomic mass is 9.86. The van der Waals surface area contributed by atoms with Gasteiger partial charge in [0.15, 0.2) is 0 Å². The number of hydrogen-bond acceptors (Lipinski definition) is 5. The topological polar surface area (TPSA) is 73.2 Å². The third-order valence-electron chi connectivity index (χ3n) is 5.69. The summed E-state index contributed by atoms with van der Waals surface area (Å²) in [4.78, 5) is 16.6. The quantitative estimate of drug-likeness (QED) is 0.776. The second-order valence-corrected chi connectivity index (χ2v) is 7.29. The van der Waals surface area contributed by atoms with Crippen molar-refractivity contribution in [3.05, 3.63) is 0 Å². The van der Waals surface area contributed by atoms with E-state index in [1.54, 1.807) is 0 Å². The molecule has 0 aromatic carbocycles. The van der Waals surface area contributed by atoms with Crippen LogP contribution in [-0.2, 0) is 9.53 Å². The molecule has 3 fully saturated rings. The number of piperazine rings is 1. The first-order valence-electron chi connectivity index (χ1n) is 9.11. The average molecular weight is 326 g/mol. The first-order valence-corrected chi connectivity index (χ1v) is 9.11. The van der Waals surface area contributed by atoms with E-state index in [4.69, 9.17) is 4.74 Å². The maximum atomic E-state index is 12.5. The fourth-order valence-corrected chi connectivity index (χ4v) is 4.15. The summed E-state index contributed by atoms with van der Waals surface area (Å²) in [5.74, 6) is 0.870. The van der Waals surface area contributed by atoms with Crippen LogP contribution >= 0.6 is 0 Å². The van der Waals surface area contributed by atoms with Crippen molar-refractivity contribution in [2.24, 2.45) is 5.92 Å². The Labute approximate surface area is 138 Å². The van der Waals surface area contributed by atoms with Gasteiger partial charge in [-0.3, -0.25) is 9.69 Å². The summed E-state index contributed by atoms with van der Waals surface area (Å²) >= 11 is 0. The molecule has 3 aliphatic rings. The van der Waals surface area contributed by atoms with Gasteiger partial charge in [-0.05, 0) is 18.8 Å². The molecule has 2 aliphatic heterocycles. The molecular formula is C17H30N2O4. The fourth-order valence-electron chi connectivity index (χ4n) is 4.15. The van der Waals surface area contributed by atoms with E-state index in [9.17, 15) is 15.0 Å². The van der Waals surface area contributed by atoms with E-state index in [0.29, 0.717) is 32.0 Å². The molecule has 0 unspecified atom stereocenters. The number of carbonyl (C=O) groups is 1. The van der Waals surface area contributed by atoms with E-state index in [1.807, 2.05) is 4.90 Å². The van der Waals surface area contributed by atoms with E-state index in [0.717, 1.165) is 13.1 Å². The second-order valence-electron chi connectivity index (χ2n) is 7.29. The van der Waals surface area contributed by atoms with Crippen LogP contribution in [0.1, 0.15) is 38.5 Å². The van der Waals surface area contributed by atoms with Crippen molar-refractivity contribution in [2.45, 2.75) is 56.8 Å². The second kappa shape index (κ2) is 7.92. The zero-order valence-electron chi connectivity index (χ0n) is 13.9. The molecule has 2 heterocycles. The Morgan fingerprint density at radius 2 is 1.70 bits per heavy atom. The number of aliphatic hydroxyl groups is 2. The van der Waals surface area contributed by atoms with E-state index in [2.05, 4.69) is 4.90 Å². The van der Waals surface area contributed by atoms with Gasteiger partial charge in [-0.2, -0.15) is 0 Å². The predicted molar refractivity (Wildman–Crippen MR) is 86.0 cm³/mol. The van der Waals surface area contributed by atoms with Gasteiger partial charge in [-0.1, -0.05) is 19.3 Å². The van der Waals surface area contributed by atoms with E-state index < -0.39 is 12.2 Å². The fraction of sp³-hybridized carbons (Fsp3) is 0.941. The predicted octanol–water partition coefficient (Wildman–Crippen LogP) is 0.222. The normalized spacial score (nSPS) is 34.5. The van der Waals surface area contributed by atoms with Crippen LogP contribution in [-0.4, -0.2) is 83.6 Å². The maximum Gasteiger partial charge on any atom is 0.222 e. The Kier molecular flexibility index (Phi) is 5.91. The minimum Gasteiger partial charge on any atom is -0.389 e. The first-order chi connectivity index (χ1) is 11.1. The zero-order valence-corrected chi connectivity index (χ0v) is 13.9. The highest BCUT2D eigenvalue weighted by atomic mass is 16.5. The highest BCUT2D eigenvalue weighted by molar-refractivity contribution is 5.76. The Hall–Kier alpha value is -0.690. The maximum absolute atomic E-state index is 12.5. The number of amides is 1. The highest BCUT2D eigenvalue weighted by Crippen LogP contribution is 2.27. The third kappa shape index (κ3) is 4.24. The van der Waals surface area contributed by atoms with Crippen LogP contribution in [0.25, 0.3) is 0 Å². The number of aliphatic hydroxyl groups excluding tert-OH is 2. The van der Waals surface area contributed by atoms with Crippen LogP contribution in [0.3, 0.4) is 0 Å². The molecule has 1 aliphatic carbocycles. The van der Waals surface area contributed by atoms with Crippen molar-refractivity contribution in [2.75, 3.05) is 39.4 Å². The van der Waals surface area contributed by atoms with Crippen molar-refractivity contribution in [3.8, 4) is 0 Å². The first kappa shape index (κ1) is 17.1. The summed E-state index contributed by atoms with van der Waals surface area (Å²) in [6, 6.07) is -0.158. The van der Waals surface area contributed by atoms with E-state index >= 15 is 0 Å². The summed E-state index contributed by atoms with van der Waals surface area (Å²) in [5.41, 5.74) is 0. The Bertz CT molecular complexity index is 392. The van der Waals surface area contributed by atoms with Crippen molar-refractivity contribution >= 4 is 5.91 Å². The molecule has 23 heavy (non-hydrogen) atoms. The van der Waals surface area contributed by atoms with Crippen molar-refractivity contribution in [1.82, 2.24) is 9.80 Å². The van der Waals surface area contributed by atoms with Crippen molar-refractivity contribution in [3.63, 3.8) is 0 Å². The van der Waals surface area contributed by atoms with Crippen LogP contribution in [0.2, 0.25) is 0 Å². The Balaban J connectivity index is 1.45. The van der Waals surface area contributed by atoms with Crippen LogP contribution in [0.4, 0.5) is 0 Å². The molecule has 0 aromatic heterocycles. The molecule has 6 nitrogen and oxygen atoms in total. The van der Waals surface area contributed by atoms with Crippen LogP contribution in [0.15, 0.2) is 0 Å². The van der Waals surface area contributed by atoms with Gasteiger partial charge in [0.05, 0.1) is 25.4 Å². The minimum atomic E-state index is -0.806. The van der Waals surface area contributed by atoms with Crippen LogP contribution < -0.4 is 0 Å². The molecule has 3 atom stereocenters. The lowest BCUT2D eigenvalue weighted by Crippen LogP contribution is -2.60. The summed E-state index contributed by atoms with van der Waals surface area (Å²) in [5, 5.41) is 19.9. The van der Waals surface area contributed by atoms with Gasteiger partial charge in [0, 0.05) is 32.6 Å². The molecule has 0 spiro atoms. The molecule has 1 amide bonds. The summed E-state index contributed by atoms with van der Waals surface area (Å²) in [6.45, 7) is 3.57. The van der Waals surface area contributed by atoms with E-state index in [-0.39, 0.29) is 18.6 Å². The molecule has 3 rings (SSSR count). The zero-order chi connectivity index (χ0) is 16.2. The third-order valence-corrected chi connectivity index (χ3v) is 5.69.